The summed E-state index contributed by atoms with van der Waals surface area (Å²) in [4.78, 5) is 37.8. The van der Waals surface area contributed by atoms with Crippen LogP contribution < -0.4 is 0 Å². The molecular formula is C15H18N2O4. The van der Waals surface area contributed by atoms with Crippen LogP contribution in [0.1, 0.15) is 23.2 Å². The van der Waals surface area contributed by atoms with Gasteiger partial charge in [-0.2, -0.15) is 0 Å². The summed E-state index contributed by atoms with van der Waals surface area (Å²) in [5, 5.41) is 8.58. The normalized spacial score (nSPS) is 14.9. The van der Waals surface area contributed by atoms with Crippen LogP contribution in [-0.2, 0) is 9.59 Å². The van der Waals surface area contributed by atoms with Crippen molar-refractivity contribution in [2.75, 3.05) is 26.2 Å². The molecule has 0 aromatic heterocycles. The van der Waals surface area contributed by atoms with E-state index in [-0.39, 0.29) is 24.7 Å². The Balaban J connectivity index is 1.84. The van der Waals surface area contributed by atoms with Gasteiger partial charge in [0.15, 0.2) is 0 Å². The number of hydrogen-bond acceptors (Lipinski definition) is 3. The molecule has 1 heterocycles. The van der Waals surface area contributed by atoms with Gasteiger partial charge in [-0.3, -0.25) is 14.4 Å². The molecule has 6 heteroatoms. The predicted octanol–water partition coefficient (Wildman–Crippen LogP) is 0.836. The monoisotopic (exact) mass is 290 g/mol. The molecule has 1 saturated heterocycles. The van der Waals surface area contributed by atoms with E-state index >= 15 is 0 Å². The molecule has 6 nitrogen and oxygen atoms in total. The molecule has 1 aromatic carbocycles. The average Bonchev–Trinajstić information content (AvgIpc) is 2.53. The third kappa shape index (κ3) is 4.05. The lowest BCUT2D eigenvalue weighted by molar-refractivity contribution is -0.141. The number of nitrogens with zero attached hydrogens (tertiary/aromatic N) is 2. The van der Waals surface area contributed by atoms with Gasteiger partial charge in [0.1, 0.15) is 0 Å². The molecule has 0 atom stereocenters. The molecular weight excluding hydrogens is 272 g/mol. The highest BCUT2D eigenvalue weighted by molar-refractivity contribution is 5.94. The fraction of sp³-hybridized carbons (Fsp3) is 0.400. The van der Waals surface area contributed by atoms with Crippen LogP contribution in [0.5, 0.6) is 0 Å². The van der Waals surface area contributed by atoms with Gasteiger partial charge >= 0.3 is 5.97 Å². The molecule has 0 unspecified atom stereocenters. The molecule has 1 aliphatic heterocycles. The molecule has 1 fully saturated rings. The highest BCUT2D eigenvalue weighted by atomic mass is 16.4. The number of carboxylic acids is 1. The Hall–Kier alpha value is -2.37. The van der Waals surface area contributed by atoms with E-state index in [0.29, 0.717) is 31.7 Å². The minimum atomic E-state index is -0.971. The van der Waals surface area contributed by atoms with Crippen molar-refractivity contribution in [3.8, 4) is 0 Å². The number of carboxylic acid groups (broad SMARTS) is 1. The smallest absolute Gasteiger partial charge is 0.303 e. The van der Waals surface area contributed by atoms with Crippen LogP contribution >= 0.6 is 0 Å². The number of benzene rings is 1. The standard InChI is InChI=1S/C15H18N2O4/c18-13(6-7-14(19)20)16-8-10-17(11-9-16)15(21)12-4-2-1-3-5-12/h1-5H,6-11H2,(H,19,20). The summed E-state index contributed by atoms with van der Waals surface area (Å²) < 4.78 is 0. The Labute approximate surface area is 123 Å². The molecule has 2 rings (SSSR count). The number of rotatable bonds is 4. The minimum absolute atomic E-state index is 0.0158. The maximum atomic E-state index is 12.2. The van der Waals surface area contributed by atoms with E-state index in [1.54, 1.807) is 21.9 Å². The quantitative estimate of drug-likeness (QED) is 0.891. The number of hydrogen-bond donors (Lipinski definition) is 1. The van der Waals surface area contributed by atoms with Crippen LogP contribution in [0, 0.1) is 0 Å². The van der Waals surface area contributed by atoms with Crippen molar-refractivity contribution in [3.05, 3.63) is 35.9 Å². The average molecular weight is 290 g/mol. The summed E-state index contributed by atoms with van der Waals surface area (Å²) in [5.41, 5.74) is 0.642. The Morgan fingerprint density at radius 1 is 0.905 bits per heavy atom. The summed E-state index contributed by atoms with van der Waals surface area (Å²) in [6, 6.07) is 9.03. The Bertz CT molecular complexity index is 522. The number of carbonyl (C=O) groups excluding carboxylic acids is 2. The number of carbonyl (C=O) groups is 3. The first kappa shape index (κ1) is 15.0. The zero-order valence-corrected chi connectivity index (χ0v) is 11.7. The maximum absolute atomic E-state index is 12.2. The first-order chi connectivity index (χ1) is 10.1. The molecule has 1 N–H and O–H groups in total. The second-order valence-electron chi connectivity index (χ2n) is 4.93. The number of amides is 2. The molecule has 2 amide bonds. The van der Waals surface area contributed by atoms with Gasteiger partial charge in [-0.25, -0.2) is 0 Å². The Morgan fingerprint density at radius 2 is 1.48 bits per heavy atom. The maximum Gasteiger partial charge on any atom is 0.303 e. The predicted molar refractivity (Wildman–Crippen MR) is 75.8 cm³/mol. The van der Waals surface area contributed by atoms with E-state index < -0.39 is 5.97 Å². The van der Waals surface area contributed by atoms with Crippen molar-refractivity contribution in [2.24, 2.45) is 0 Å². The van der Waals surface area contributed by atoms with Crippen LogP contribution in [0.15, 0.2) is 30.3 Å². The van der Waals surface area contributed by atoms with Gasteiger partial charge in [0.25, 0.3) is 5.91 Å². The second kappa shape index (κ2) is 6.88. The zero-order valence-electron chi connectivity index (χ0n) is 11.7. The van der Waals surface area contributed by atoms with E-state index in [1.165, 1.54) is 0 Å². The van der Waals surface area contributed by atoms with Crippen molar-refractivity contribution in [1.29, 1.82) is 0 Å². The van der Waals surface area contributed by atoms with E-state index in [0.717, 1.165) is 0 Å². The fourth-order valence-electron chi connectivity index (χ4n) is 2.29. The lowest BCUT2D eigenvalue weighted by Gasteiger charge is -2.34. The topological polar surface area (TPSA) is 77.9 Å². The zero-order chi connectivity index (χ0) is 15.2. The number of piperazine rings is 1. The van der Waals surface area contributed by atoms with Crippen LogP contribution in [0.4, 0.5) is 0 Å². The van der Waals surface area contributed by atoms with Gasteiger partial charge in [-0.05, 0) is 12.1 Å². The van der Waals surface area contributed by atoms with Crippen LogP contribution in [0.25, 0.3) is 0 Å². The van der Waals surface area contributed by atoms with Gasteiger partial charge in [0.2, 0.25) is 5.91 Å². The number of aliphatic carboxylic acids is 1. The summed E-state index contributed by atoms with van der Waals surface area (Å²) >= 11 is 0. The van der Waals surface area contributed by atoms with Crippen molar-refractivity contribution >= 4 is 17.8 Å². The SMILES string of the molecule is O=C(O)CCC(=O)N1CCN(C(=O)c2ccccc2)CC1. The molecule has 0 bridgehead atoms. The molecule has 1 aromatic rings. The van der Waals surface area contributed by atoms with Crippen molar-refractivity contribution in [1.82, 2.24) is 9.80 Å². The van der Waals surface area contributed by atoms with Crippen LogP contribution in [-0.4, -0.2) is 58.9 Å². The third-order valence-electron chi connectivity index (χ3n) is 3.49. The van der Waals surface area contributed by atoms with Gasteiger partial charge in [0, 0.05) is 38.2 Å². The van der Waals surface area contributed by atoms with Crippen LogP contribution in [0.3, 0.4) is 0 Å². The van der Waals surface area contributed by atoms with Gasteiger partial charge in [0.05, 0.1) is 6.42 Å². The molecule has 0 spiro atoms. The lowest BCUT2D eigenvalue weighted by Crippen LogP contribution is -2.50. The fourth-order valence-corrected chi connectivity index (χ4v) is 2.29. The Morgan fingerprint density at radius 3 is 2.05 bits per heavy atom. The molecule has 0 radical (unpaired) electrons. The first-order valence-electron chi connectivity index (χ1n) is 6.92. The van der Waals surface area contributed by atoms with Crippen molar-refractivity contribution in [2.45, 2.75) is 12.8 Å². The van der Waals surface area contributed by atoms with E-state index in [1.807, 2.05) is 18.2 Å². The molecule has 0 saturated carbocycles. The highest BCUT2D eigenvalue weighted by Gasteiger charge is 2.24. The first-order valence-corrected chi connectivity index (χ1v) is 6.92. The van der Waals surface area contributed by atoms with Crippen LogP contribution in [0.2, 0.25) is 0 Å². The van der Waals surface area contributed by atoms with Gasteiger partial charge in [-0.15, -0.1) is 0 Å². The Kier molecular flexibility index (Phi) is 4.92. The highest BCUT2D eigenvalue weighted by Crippen LogP contribution is 2.10. The van der Waals surface area contributed by atoms with Crippen molar-refractivity contribution in [3.63, 3.8) is 0 Å². The summed E-state index contributed by atoms with van der Waals surface area (Å²) in [7, 11) is 0. The summed E-state index contributed by atoms with van der Waals surface area (Å²) in [5.74, 6) is -1.17. The molecule has 1 aliphatic rings. The lowest BCUT2D eigenvalue weighted by atomic mass is 10.1. The molecule has 112 valence electrons. The molecule has 21 heavy (non-hydrogen) atoms. The summed E-state index contributed by atoms with van der Waals surface area (Å²) in [6.45, 7) is 1.87. The third-order valence-corrected chi connectivity index (χ3v) is 3.49. The van der Waals surface area contributed by atoms with Gasteiger partial charge < -0.3 is 14.9 Å². The largest absolute Gasteiger partial charge is 0.481 e. The van der Waals surface area contributed by atoms with E-state index in [4.69, 9.17) is 5.11 Å². The molecule has 0 aliphatic carbocycles. The minimum Gasteiger partial charge on any atom is -0.481 e. The summed E-state index contributed by atoms with van der Waals surface area (Å²) in [6.07, 6.45) is -0.135. The van der Waals surface area contributed by atoms with Crippen molar-refractivity contribution < 1.29 is 19.5 Å². The second-order valence-corrected chi connectivity index (χ2v) is 4.93. The van der Waals surface area contributed by atoms with E-state index in [2.05, 4.69) is 0 Å². The van der Waals surface area contributed by atoms with E-state index in [9.17, 15) is 14.4 Å². The van der Waals surface area contributed by atoms with Gasteiger partial charge in [-0.1, -0.05) is 18.2 Å².